The van der Waals surface area contributed by atoms with Crippen molar-refractivity contribution in [2.75, 3.05) is 39.1 Å². The molecular formula is C20H24N2O4S. The minimum Gasteiger partial charge on any atom is -0.379 e. The van der Waals surface area contributed by atoms with Gasteiger partial charge in [0.1, 0.15) is 0 Å². The van der Waals surface area contributed by atoms with E-state index in [1.807, 2.05) is 30.3 Å². The first-order valence-corrected chi connectivity index (χ1v) is 10.8. The monoisotopic (exact) mass is 388 g/mol. The van der Waals surface area contributed by atoms with Gasteiger partial charge in [-0.25, -0.2) is 8.42 Å². The van der Waals surface area contributed by atoms with Crippen molar-refractivity contribution in [3.05, 3.63) is 65.7 Å². The Labute approximate surface area is 160 Å². The molecule has 144 valence electrons. The Balaban J connectivity index is 1.79. The molecule has 1 fully saturated rings. The molecule has 1 N–H and O–H groups in total. The predicted octanol–water partition coefficient (Wildman–Crippen LogP) is 1.89. The quantitative estimate of drug-likeness (QED) is 0.818. The lowest BCUT2D eigenvalue weighted by Gasteiger charge is -2.35. The van der Waals surface area contributed by atoms with Crippen molar-refractivity contribution in [3.63, 3.8) is 0 Å². The molecule has 0 aromatic heterocycles. The molecule has 6 nitrogen and oxygen atoms in total. The summed E-state index contributed by atoms with van der Waals surface area (Å²) in [5, 5.41) is 2.92. The summed E-state index contributed by atoms with van der Waals surface area (Å²) in [6.45, 7) is 3.29. The van der Waals surface area contributed by atoms with Gasteiger partial charge in [-0.2, -0.15) is 0 Å². The molecule has 1 amide bonds. The molecule has 1 aliphatic heterocycles. The van der Waals surface area contributed by atoms with Crippen LogP contribution in [0.1, 0.15) is 22.0 Å². The van der Waals surface area contributed by atoms with Crippen molar-refractivity contribution in [1.82, 2.24) is 10.2 Å². The van der Waals surface area contributed by atoms with Gasteiger partial charge in [-0.15, -0.1) is 0 Å². The summed E-state index contributed by atoms with van der Waals surface area (Å²) in [5.41, 5.74) is 1.28. The van der Waals surface area contributed by atoms with E-state index in [1.165, 1.54) is 12.1 Å². The van der Waals surface area contributed by atoms with Gasteiger partial charge in [0.25, 0.3) is 5.91 Å². The molecule has 7 heteroatoms. The summed E-state index contributed by atoms with van der Waals surface area (Å²) in [4.78, 5) is 15.0. The van der Waals surface area contributed by atoms with Crippen molar-refractivity contribution < 1.29 is 17.9 Å². The second-order valence-electron chi connectivity index (χ2n) is 6.55. The molecular weight excluding hydrogens is 364 g/mol. The fraction of sp³-hybridized carbons (Fsp3) is 0.350. The van der Waals surface area contributed by atoms with Gasteiger partial charge in [0.15, 0.2) is 9.84 Å². The summed E-state index contributed by atoms with van der Waals surface area (Å²) in [6, 6.07) is 16.3. The topological polar surface area (TPSA) is 75.7 Å². The molecule has 2 aromatic rings. The fourth-order valence-electron chi connectivity index (χ4n) is 3.28. The summed E-state index contributed by atoms with van der Waals surface area (Å²) >= 11 is 0. The van der Waals surface area contributed by atoms with Crippen LogP contribution < -0.4 is 5.32 Å². The highest BCUT2D eigenvalue weighted by Gasteiger charge is 2.24. The van der Waals surface area contributed by atoms with E-state index in [4.69, 9.17) is 4.74 Å². The number of hydrogen-bond acceptors (Lipinski definition) is 5. The van der Waals surface area contributed by atoms with Gasteiger partial charge < -0.3 is 10.1 Å². The normalized spacial score (nSPS) is 16.6. The van der Waals surface area contributed by atoms with Gasteiger partial charge in [-0.05, 0) is 17.7 Å². The van der Waals surface area contributed by atoms with Gasteiger partial charge in [0, 0.05) is 25.9 Å². The molecule has 1 aliphatic rings. The van der Waals surface area contributed by atoms with Crippen molar-refractivity contribution in [2.24, 2.45) is 0 Å². The van der Waals surface area contributed by atoms with Gasteiger partial charge in [-0.1, -0.05) is 42.5 Å². The van der Waals surface area contributed by atoms with Crippen molar-refractivity contribution in [2.45, 2.75) is 10.9 Å². The summed E-state index contributed by atoms with van der Waals surface area (Å²) in [6.07, 6.45) is 1.11. The van der Waals surface area contributed by atoms with Crippen molar-refractivity contribution >= 4 is 15.7 Å². The van der Waals surface area contributed by atoms with Crippen LogP contribution in [-0.4, -0.2) is 58.3 Å². The smallest absolute Gasteiger partial charge is 0.252 e. The maximum absolute atomic E-state index is 12.7. The van der Waals surface area contributed by atoms with Gasteiger partial charge in [0.05, 0.1) is 29.7 Å². The highest BCUT2D eigenvalue weighted by atomic mass is 32.2. The average Bonchev–Trinajstić information content (AvgIpc) is 2.69. The molecule has 1 heterocycles. The lowest BCUT2D eigenvalue weighted by atomic mass is 10.0. The van der Waals surface area contributed by atoms with Gasteiger partial charge in [0.2, 0.25) is 0 Å². The van der Waals surface area contributed by atoms with E-state index < -0.39 is 9.84 Å². The fourth-order valence-corrected chi connectivity index (χ4v) is 4.17. The van der Waals surface area contributed by atoms with Crippen molar-refractivity contribution in [3.8, 4) is 0 Å². The van der Waals surface area contributed by atoms with Gasteiger partial charge in [-0.3, -0.25) is 9.69 Å². The number of amides is 1. The van der Waals surface area contributed by atoms with E-state index in [0.717, 1.165) is 24.9 Å². The number of rotatable bonds is 6. The van der Waals surface area contributed by atoms with Crippen LogP contribution in [0.5, 0.6) is 0 Å². The zero-order chi connectivity index (χ0) is 19.3. The molecule has 3 rings (SSSR count). The van der Waals surface area contributed by atoms with Crippen LogP contribution in [0.2, 0.25) is 0 Å². The number of sulfone groups is 1. The van der Waals surface area contributed by atoms with E-state index in [9.17, 15) is 13.2 Å². The third-order valence-electron chi connectivity index (χ3n) is 4.66. The first-order chi connectivity index (χ1) is 13.0. The highest BCUT2D eigenvalue weighted by Crippen LogP contribution is 2.22. The third kappa shape index (κ3) is 4.94. The maximum atomic E-state index is 12.7. The SMILES string of the molecule is CS(=O)(=O)c1ccccc1C(=O)NCC(c1ccccc1)N1CCOCC1. The molecule has 0 aliphatic carbocycles. The largest absolute Gasteiger partial charge is 0.379 e. The number of carbonyl (C=O) groups is 1. The standard InChI is InChI=1S/C20H24N2O4S/c1-27(24,25)19-10-6-5-9-17(19)20(23)21-15-18(16-7-3-2-4-8-16)22-11-13-26-14-12-22/h2-10,18H,11-15H2,1H3,(H,21,23). The Kier molecular flexibility index (Phi) is 6.26. The van der Waals surface area contributed by atoms with E-state index in [-0.39, 0.29) is 22.4 Å². The first-order valence-electron chi connectivity index (χ1n) is 8.91. The van der Waals surface area contributed by atoms with Crippen molar-refractivity contribution in [1.29, 1.82) is 0 Å². The number of benzene rings is 2. The molecule has 0 saturated carbocycles. The lowest BCUT2D eigenvalue weighted by molar-refractivity contribution is 0.0162. The van der Waals surface area contributed by atoms with E-state index in [1.54, 1.807) is 12.1 Å². The number of morpholine rings is 1. The van der Waals surface area contributed by atoms with E-state index >= 15 is 0 Å². The second-order valence-corrected chi connectivity index (χ2v) is 8.54. The number of nitrogens with zero attached hydrogens (tertiary/aromatic N) is 1. The summed E-state index contributed by atoms with van der Waals surface area (Å²) in [5.74, 6) is -0.384. The Morgan fingerprint density at radius 2 is 1.70 bits per heavy atom. The Hall–Kier alpha value is -2.22. The number of ether oxygens (including phenoxy) is 1. The summed E-state index contributed by atoms with van der Waals surface area (Å²) < 4.78 is 29.4. The van der Waals surface area contributed by atoms with E-state index in [0.29, 0.717) is 19.8 Å². The lowest BCUT2D eigenvalue weighted by Crippen LogP contribution is -2.44. The maximum Gasteiger partial charge on any atom is 0.252 e. The van der Waals surface area contributed by atoms with Crippen LogP contribution in [0.3, 0.4) is 0 Å². The third-order valence-corrected chi connectivity index (χ3v) is 5.81. The van der Waals surface area contributed by atoms with E-state index in [2.05, 4.69) is 10.2 Å². The zero-order valence-electron chi connectivity index (χ0n) is 15.3. The predicted molar refractivity (Wildman–Crippen MR) is 103 cm³/mol. The minimum absolute atomic E-state index is 0.00412. The number of carbonyl (C=O) groups excluding carboxylic acids is 1. The Morgan fingerprint density at radius 1 is 1.07 bits per heavy atom. The molecule has 1 saturated heterocycles. The first kappa shape index (κ1) is 19.5. The Bertz CT molecular complexity index is 878. The molecule has 0 bridgehead atoms. The summed E-state index contributed by atoms with van der Waals surface area (Å²) in [7, 11) is -3.48. The van der Waals surface area contributed by atoms with Gasteiger partial charge >= 0.3 is 0 Å². The molecule has 1 unspecified atom stereocenters. The number of hydrogen-bond donors (Lipinski definition) is 1. The Morgan fingerprint density at radius 3 is 2.37 bits per heavy atom. The van der Waals surface area contributed by atoms with Crippen LogP contribution in [0.15, 0.2) is 59.5 Å². The van der Waals surface area contributed by atoms with Crippen LogP contribution in [-0.2, 0) is 14.6 Å². The van der Waals surface area contributed by atoms with Crippen LogP contribution in [0.4, 0.5) is 0 Å². The van der Waals surface area contributed by atoms with Crippen LogP contribution in [0.25, 0.3) is 0 Å². The molecule has 0 spiro atoms. The number of nitrogens with one attached hydrogen (secondary N) is 1. The zero-order valence-corrected chi connectivity index (χ0v) is 16.1. The van der Waals surface area contributed by atoms with Crippen LogP contribution >= 0.6 is 0 Å². The van der Waals surface area contributed by atoms with Crippen LogP contribution in [0, 0.1) is 0 Å². The molecule has 1 atom stereocenters. The molecule has 27 heavy (non-hydrogen) atoms. The molecule has 0 radical (unpaired) electrons. The molecule has 2 aromatic carbocycles. The average molecular weight is 388 g/mol. The highest BCUT2D eigenvalue weighted by molar-refractivity contribution is 7.90. The minimum atomic E-state index is -3.48. The second kappa shape index (κ2) is 8.65.